The zero-order valence-corrected chi connectivity index (χ0v) is 21.4. The third-order valence-electron chi connectivity index (χ3n) is 5.61. The van der Waals surface area contributed by atoms with Gasteiger partial charge in [0.05, 0.1) is 12.6 Å². The Morgan fingerprint density at radius 3 is 2.03 bits per heavy atom. The van der Waals surface area contributed by atoms with E-state index in [2.05, 4.69) is 22.5 Å². The van der Waals surface area contributed by atoms with Crippen LogP contribution in [0.1, 0.15) is 34.0 Å². The fourth-order valence-electron chi connectivity index (χ4n) is 3.59. The number of nitrogens with one attached hydrogen (secondary N) is 3. The van der Waals surface area contributed by atoms with Crippen LogP contribution in [0.2, 0.25) is 0 Å². The smallest absolute Gasteiger partial charge is 0.268 e. The van der Waals surface area contributed by atoms with E-state index in [0.717, 1.165) is 11.1 Å². The molecule has 39 heavy (non-hydrogen) atoms. The van der Waals surface area contributed by atoms with Crippen molar-refractivity contribution in [2.75, 3.05) is 18.9 Å². The molecule has 3 aromatic rings. The molecule has 0 spiro atoms. The standard InChI is InChI=1S/C29H29FN4O5/c1-19(35)27(29(38)33-39)32-28(37)23-11-5-20(6-12-23)3-4-21-9-15-25(16-10-21)31-26(36)18-34(2)17-22-7-13-24(30)14-8-22/h5-16,19,27,35,39H,17-18H2,1-2H3,(H,31,36)(H,32,37)(H,33,38)/t19-,27+/m1/s1. The number of nitrogens with zero attached hydrogens (tertiary/aromatic N) is 1. The van der Waals surface area contributed by atoms with Gasteiger partial charge in [-0.3, -0.25) is 24.5 Å². The van der Waals surface area contributed by atoms with Crippen molar-refractivity contribution in [2.45, 2.75) is 25.6 Å². The Bertz CT molecular complexity index is 1350. The quantitative estimate of drug-likeness (QED) is 0.163. The van der Waals surface area contributed by atoms with Crippen molar-refractivity contribution in [1.82, 2.24) is 15.7 Å². The number of hydroxylamine groups is 1. The summed E-state index contributed by atoms with van der Waals surface area (Å²) in [6, 6.07) is 18.2. The molecule has 0 saturated heterocycles. The van der Waals surface area contributed by atoms with Crippen molar-refractivity contribution < 1.29 is 29.1 Å². The molecule has 0 aromatic heterocycles. The van der Waals surface area contributed by atoms with Gasteiger partial charge in [0.2, 0.25) is 5.91 Å². The monoisotopic (exact) mass is 532 g/mol. The first-order chi connectivity index (χ1) is 18.6. The fraction of sp³-hybridized carbons (Fsp3) is 0.207. The minimum atomic E-state index is -1.31. The molecule has 202 valence electrons. The van der Waals surface area contributed by atoms with E-state index in [1.54, 1.807) is 48.5 Å². The molecule has 0 aliphatic heterocycles. The average Bonchev–Trinajstić information content (AvgIpc) is 2.92. The van der Waals surface area contributed by atoms with Gasteiger partial charge in [-0.2, -0.15) is 0 Å². The number of halogens is 1. The highest BCUT2D eigenvalue weighted by Crippen LogP contribution is 2.11. The zero-order valence-electron chi connectivity index (χ0n) is 21.4. The molecule has 2 atom stereocenters. The summed E-state index contributed by atoms with van der Waals surface area (Å²) in [5.41, 5.74) is 4.56. The summed E-state index contributed by atoms with van der Waals surface area (Å²) in [7, 11) is 1.81. The minimum Gasteiger partial charge on any atom is -0.391 e. The number of anilines is 1. The van der Waals surface area contributed by atoms with Gasteiger partial charge < -0.3 is 15.7 Å². The molecule has 10 heteroatoms. The molecule has 0 radical (unpaired) electrons. The van der Waals surface area contributed by atoms with Gasteiger partial charge in [-0.15, -0.1) is 0 Å². The summed E-state index contributed by atoms with van der Waals surface area (Å²) in [5, 5.41) is 23.6. The zero-order chi connectivity index (χ0) is 28.4. The summed E-state index contributed by atoms with van der Waals surface area (Å²) in [6.45, 7) is 1.99. The summed E-state index contributed by atoms with van der Waals surface area (Å²) in [5.74, 6) is 4.00. The van der Waals surface area contributed by atoms with Crippen molar-refractivity contribution in [1.29, 1.82) is 0 Å². The number of hydrogen-bond donors (Lipinski definition) is 5. The highest BCUT2D eigenvalue weighted by molar-refractivity contribution is 5.97. The number of aliphatic hydroxyl groups excluding tert-OH is 1. The Hall–Kier alpha value is -4.56. The van der Waals surface area contributed by atoms with Crippen LogP contribution in [0.3, 0.4) is 0 Å². The summed E-state index contributed by atoms with van der Waals surface area (Å²) in [4.78, 5) is 38.2. The maximum atomic E-state index is 13.0. The highest BCUT2D eigenvalue weighted by atomic mass is 19.1. The van der Waals surface area contributed by atoms with Crippen LogP contribution in [0.25, 0.3) is 0 Å². The molecule has 0 heterocycles. The predicted octanol–water partition coefficient (Wildman–Crippen LogP) is 2.28. The number of likely N-dealkylation sites (N-methyl/N-ethyl adjacent to an activating group) is 1. The Kier molecular flexibility index (Phi) is 10.3. The van der Waals surface area contributed by atoms with E-state index >= 15 is 0 Å². The summed E-state index contributed by atoms with van der Waals surface area (Å²) in [6.07, 6.45) is -1.21. The van der Waals surface area contributed by atoms with E-state index in [9.17, 15) is 23.9 Å². The number of amides is 3. The molecule has 9 nitrogen and oxygen atoms in total. The summed E-state index contributed by atoms with van der Waals surface area (Å²) < 4.78 is 13.0. The van der Waals surface area contributed by atoms with Crippen LogP contribution in [0.4, 0.5) is 10.1 Å². The Balaban J connectivity index is 1.52. The number of carbonyl (C=O) groups is 3. The van der Waals surface area contributed by atoms with Gasteiger partial charge in [-0.05, 0) is 80.2 Å². The molecule has 5 N–H and O–H groups in total. The molecule has 0 fully saturated rings. The van der Waals surface area contributed by atoms with Crippen molar-refractivity contribution in [3.8, 4) is 11.8 Å². The van der Waals surface area contributed by atoms with Crippen LogP contribution in [-0.2, 0) is 16.1 Å². The van der Waals surface area contributed by atoms with Crippen molar-refractivity contribution in [2.24, 2.45) is 0 Å². The molecule has 3 aromatic carbocycles. The van der Waals surface area contributed by atoms with Crippen LogP contribution in [0.15, 0.2) is 72.8 Å². The minimum absolute atomic E-state index is 0.168. The highest BCUT2D eigenvalue weighted by Gasteiger charge is 2.25. The molecule has 0 unspecified atom stereocenters. The molecule has 0 aliphatic carbocycles. The Labute approximate surface area is 225 Å². The van der Waals surface area contributed by atoms with Gasteiger partial charge in [-0.1, -0.05) is 24.0 Å². The van der Waals surface area contributed by atoms with Crippen molar-refractivity contribution in [3.05, 3.63) is 101 Å². The first-order valence-corrected chi connectivity index (χ1v) is 12.0. The molecule has 0 aliphatic rings. The average molecular weight is 533 g/mol. The third kappa shape index (κ3) is 9.05. The van der Waals surface area contributed by atoms with E-state index in [4.69, 9.17) is 5.21 Å². The third-order valence-corrected chi connectivity index (χ3v) is 5.61. The van der Waals surface area contributed by atoms with Gasteiger partial charge in [-0.25, -0.2) is 9.87 Å². The van der Waals surface area contributed by atoms with Crippen molar-refractivity contribution >= 4 is 23.4 Å². The lowest BCUT2D eigenvalue weighted by Gasteiger charge is -2.19. The number of rotatable bonds is 9. The second-order valence-corrected chi connectivity index (χ2v) is 8.92. The number of carbonyl (C=O) groups excluding carboxylic acids is 3. The summed E-state index contributed by atoms with van der Waals surface area (Å²) >= 11 is 0. The molecule has 0 bridgehead atoms. The predicted molar refractivity (Wildman–Crippen MR) is 143 cm³/mol. The van der Waals surface area contributed by atoms with E-state index in [1.807, 2.05) is 11.9 Å². The van der Waals surface area contributed by atoms with E-state index in [0.29, 0.717) is 17.8 Å². The normalized spacial score (nSPS) is 12.1. The molecule has 0 saturated carbocycles. The molecule has 3 amide bonds. The topological polar surface area (TPSA) is 131 Å². The lowest BCUT2D eigenvalue weighted by Crippen LogP contribution is -2.51. The van der Waals surface area contributed by atoms with E-state index in [-0.39, 0.29) is 23.8 Å². The Morgan fingerprint density at radius 2 is 1.49 bits per heavy atom. The van der Waals surface area contributed by atoms with Gasteiger partial charge in [0, 0.05) is 28.9 Å². The van der Waals surface area contributed by atoms with Crippen LogP contribution in [-0.4, -0.2) is 58.7 Å². The van der Waals surface area contributed by atoms with Gasteiger partial charge in [0.1, 0.15) is 11.9 Å². The lowest BCUT2D eigenvalue weighted by molar-refractivity contribution is -0.133. The maximum Gasteiger partial charge on any atom is 0.268 e. The van der Waals surface area contributed by atoms with E-state index < -0.39 is 24.0 Å². The number of benzene rings is 3. The van der Waals surface area contributed by atoms with Crippen molar-refractivity contribution in [3.63, 3.8) is 0 Å². The second-order valence-electron chi connectivity index (χ2n) is 8.92. The second kappa shape index (κ2) is 13.8. The van der Waals surface area contributed by atoms with Gasteiger partial charge in [0.15, 0.2) is 0 Å². The van der Waals surface area contributed by atoms with Crippen LogP contribution in [0, 0.1) is 17.7 Å². The largest absolute Gasteiger partial charge is 0.391 e. The molecule has 3 rings (SSSR count). The van der Waals surface area contributed by atoms with Gasteiger partial charge in [0.25, 0.3) is 11.8 Å². The molecular weight excluding hydrogens is 503 g/mol. The SMILES string of the molecule is C[C@@H](O)[C@H](NC(=O)c1ccc(C#Cc2ccc(NC(=O)CN(C)Cc3ccc(F)cc3)cc2)cc1)C(=O)NO. The number of hydrogen-bond acceptors (Lipinski definition) is 6. The van der Waals surface area contributed by atoms with Gasteiger partial charge >= 0.3 is 0 Å². The number of aliphatic hydroxyl groups is 1. The Morgan fingerprint density at radius 1 is 0.923 bits per heavy atom. The first kappa shape index (κ1) is 29.0. The van der Waals surface area contributed by atoms with Crippen LogP contribution < -0.4 is 16.1 Å². The fourth-order valence-corrected chi connectivity index (χ4v) is 3.59. The van der Waals surface area contributed by atoms with Crippen LogP contribution in [0.5, 0.6) is 0 Å². The van der Waals surface area contributed by atoms with Crippen LogP contribution >= 0.6 is 0 Å². The van der Waals surface area contributed by atoms with E-state index in [1.165, 1.54) is 36.7 Å². The molecular formula is C29H29FN4O5. The maximum absolute atomic E-state index is 13.0. The first-order valence-electron chi connectivity index (χ1n) is 12.0. The lowest BCUT2D eigenvalue weighted by atomic mass is 10.1.